The van der Waals surface area contributed by atoms with Crippen molar-refractivity contribution in [2.75, 3.05) is 57.4 Å². The number of fused-ring (bicyclic) bond motifs is 1. The van der Waals surface area contributed by atoms with Crippen LogP contribution in [0.2, 0.25) is 0 Å². The highest BCUT2D eigenvalue weighted by atomic mass is 16.6. The zero-order valence-electron chi connectivity index (χ0n) is 20.6. The first kappa shape index (κ1) is 23.7. The minimum Gasteiger partial charge on any atom is -0.492 e. The number of aromatic nitrogens is 1. The molecule has 188 valence electrons. The van der Waals surface area contributed by atoms with Gasteiger partial charge < -0.3 is 24.4 Å². The van der Waals surface area contributed by atoms with E-state index in [1.165, 1.54) is 31.4 Å². The van der Waals surface area contributed by atoms with Crippen molar-refractivity contribution in [3.63, 3.8) is 0 Å². The van der Waals surface area contributed by atoms with E-state index in [0.717, 1.165) is 87.9 Å². The summed E-state index contributed by atoms with van der Waals surface area (Å²) in [5.41, 5.74) is 2.45. The minimum atomic E-state index is -0.242. The first-order valence-electron chi connectivity index (χ1n) is 13.3. The van der Waals surface area contributed by atoms with Crippen LogP contribution in [0.15, 0.2) is 6.20 Å². The van der Waals surface area contributed by atoms with Crippen molar-refractivity contribution in [2.45, 2.75) is 70.4 Å². The van der Waals surface area contributed by atoms with E-state index in [9.17, 15) is 4.79 Å². The molecule has 0 aromatic carbocycles. The second kappa shape index (κ2) is 11.1. The van der Waals surface area contributed by atoms with Crippen LogP contribution in [0.3, 0.4) is 0 Å². The predicted molar refractivity (Wildman–Crippen MR) is 131 cm³/mol. The molecule has 1 N–H and O–H groups in total. The van der Waals surface area contributed by atoms with Gasteiger partial charge in [-0.2, -0.15) is 0 Å². The molecule has 0 bridgehead atoms. The topological polar surface area (TPSA) is 76.2 Å². The van der Waals surface area contributed by atoms with Gasteiger partial charge in [0.15, 0.2) is 0 Å². The fourth-order valence-corrected chi connectivity index (χ4v) is 5.88. The van der Waals surface area contributed by atoms with Crippen LogP contribution in [0.1, 0.15) is 56.1 Å². The second-order valence-electron chi connectivity index (χ2n) is 10.4. The van der Waals surface area contributed by atoms with E-state index in [2.05, 4.69) is 22.0 Å². The predicted octanol–water partition coefficient (Wildman–Crippen LogP) is 3.30. The average Bonchev–Trinajstić information content (AvgIpc) is 3.36. The summed E-state index contributed by atoms with van der Waals surface area (Å²) in [7, 11) is 0. The van der Waals surface area contributed by atoms with Crippen LogP contribution >= 0.6 is 0 Å². The van der Waals surface area contributed by atoms with Gasteiger partial charge in [0.05, 0.1) is 19.8 Å². The standard InChI is InChI=1S/C26H40N4O4/c1-19-18-27-25(23-9-17-33-24(19)23)30-13-11-29(12-14-30)10-6-20-2-4-21(5-3-20)28-26(31)34-22-7-15-32-16-8-22/h18,20-22H,2-17H2,1H3,(H,28,31)/t20-,21-. The summed E-state index contributed by atoms with van der Waals surface area (Å²) in [6.45, 7) is 9.69. The molecular formula is C26H40N4O4. The van der Waals surface area contributed by atoms with Crippen LogP contribution in [0.5, 0.6) is 5.75 Å². The molecule has 0 radical (unpaired) electrons. The van der Waals surface area contributed by atoms with E-state index in [1.807, 2.05) is 6.20 Å². The van der Waals surface area contributed by atoms with Gasteiger partial charge in [-0.3, -0.25) is 4.90 Å². The molecule has 34 heavy (non-hydrogen) atoms. The number of hydrogen-bond acceptors (Lipinski definition) is 7. The first-order valence-corrected chi connectivity index (χ1v) is 13.3. The number of pyridine rings is 1. The number of piperazine rings is 1. The van der Waals surface area contributed by atoms with Gasteiger partial charge in [0, 0.05) is 68.8 Å². The van der Waals surface area contributed by atoms with E-state index in [4.69, 9.17) is 19.2 Å². The molecule has 3 fully saturated rings. The number of carbonyl (C=O) groups is 1. The van der Waals surface area contributed by atoms with Crippen LogP contribution in [0, 0.1) is 12.8 Å². The summed E-state index contributed by atoms with van der Waals surface area (Å²) in [5, 5.41) is 3.10. The van der Waals surface area contributed by atoms with Crippen molar-refractivity contribution in [1.29, 1.82) is 0 Å². The van der Waals surface area contributed by atoms with E-state index in [0.29, 0.717) is 13.2 Å². The number of hydrogen-bond donors (Lipinski definition) is 1. The Hall–Kier alpha value is -2.06. The Morgan fingerprint density at radius 3 is 2.62 bits per heavy atom. The Morgan fingerprint density at radius 1 is 1.09 bits per heavy atom. The number of nitrogens with zero attached hydrogens (tertiary/aromatic N) is 3. The van der Waals surface area contributed by atoms with Gasteiger partial charge in [0.1, 0.15) is 17.7 Å². The lowest BCUT2D eigenvalue weighted by atomic mass is 9.84. The fraction of sp³-hybridized carbons (Fsp3) is 0.769. The number of alkyl carbamates (subject to hydrolysis) is 1. The molecule has 0 spiro atoms. The lowest BCUT2D eigenvalue weighted by Gasteiger charge is -2.37. The molecule has 0 unspecified atom stereocenters. The average molecular weight is 473 g/mol. The highest BCUT2D eigenvalue weighted by Gasteiger charge is 2.28. The highest BCUT2D eigenvalue weighted by Crippen LogP contribution is 2.35. The van der Waals surface area contributed by atoms with Gasteiger partial charge in [-0.15, -0.1) is 0 Å². The smallest absolute Gasteiger partial charge is 0.407 e. The Kier molecular flexibility index (Phi) is 7.74. The lowest BCUT2D eigenvalue weighted by Crippen LogP contribution is -2.47. The van der Waals surface area contributed by atoms with Crippen LogP contribution in [0.4, 0.5) is 10.6 Å². The SMILES string of the molecule is Cc1cnc(N2CCN(CC[C@H]3CC[C@H](NC(=O)OC4CCOCC4)CC3)CC2)c2c1OCC2. The normalized spacial score (nSPS) is 26.1. The van der Waals surface area contributed by atoms with Crippen LogP contribution in [0.25, 0.3) is 0 Å². The van der Waals surface area contributed by atoms with Gasteiger partial charge in [-0.25, -0.2) is 9.78 Å². The van der Waals surface area contributed by atoms with Crippen LogP contribution in [-0.2, 0) is 15.9 Å². The maximum absolute atomic E-state index is 12.2. The number of anilines is 1. The zero-order chi connectivity index (χ0) is 23.3. The van der Waals surface area contributed by atoms with Gasteiger partial charge >= 0.3 is 6.09 Å². The number of carbonyl (C=O) groups excluding carboxylic acids is 1. The molecule has 1 aromatic rings. The molecule has 2 saturated heterocycles. The molecule has 1 aliphatic carbocycles. The third-order valence-electron chi connectivity index (χ3n) is 8.02. The molecular weight excluding hydrogens is 432 g/mol. The second-order valence-corrected chi connectivity index (χ2v) is 10.4. The van der Waals surface area contributed by atoms with Crippen molar-refractivity contribution >= 4 is 11.9 Å². The summed E-state index contributed by atoms with van der Waals surface area (Å²) in [6.07, 6.45) is 10.1. The van der Waals surface area contributed by atoms with Gasteiger partial charge in [0.2, 0.25) is 0 Å². The number of rotatable bonds is 6. The first-order chi connectivity index (χ1) is 16.7. The summed E-state index contributed by atoms with van der Waals surface area (Å²) < 4.78 is 16.7. The maximum Gasteiger partial charge on any atom is 0.407 e. The van der Waals surface area contributed by atoms with E-state index in [-0.39, 0.29) is 18.2 Å². The molecule has 1 aromatic heterocycles. The van der Waals surface area contributed by atoms with E-state index >= 15 is 0 Å². The Morgan fingerprint density at radius 2 is 1.85 bits per heavy atom. The third kappa shape index (κ3) is 5.77. The molecule has 4 aliphatic rings. The number of amides is 1. The van der Waals surface area contributed by atoms with E-state index in [1.54, 1.807) is 0 Å². The zero-order valence-corrected chi connectivity index (χ0v) is 20.6. The van der Waals surface area contributed by atoms with Gasteiger partial charge in [-0.1, -0.05) is 0 Å². The molecule has 4 heterocycles. The number of aryl methyl sites for hydroxylation is 1. The van der Waals surface area contributed by atoms with Crippen molar-refractivity contribution in [3.05, 3.63) is 17.3 Å². The van der Waals surface area contributed by atoms with Gasteiger partial charge in [0.25, 0.3) is 0 Å². The summed E-state index contributed by atoms with van der Waals surface area (Å²) in [4.78, 5) is 22.0. The summed E-state index contributed by atoms with van der Waals surface area (Å²) >= 11 is 0. The molecule has 8 nitrogen and oxygen atoms in total. The fourth-order valence-electron chi connectivity index (χ4n) is 5.88. The summed E-state index contributed by atoms with van der Waals surface area (Å²) in [6, 6.07) is 0.264. The van der Waals surface area contributed by atoms with Crippen molar-refractivity contribution in [2.24, 2.45) is 5.92 Å². The Labute approximate surface area is 203 Å². The summed E-state index contributed by atoms with van der Waals surface area (Å²) in [5.74, 6) is 2.97. The Bertz CT molecular complexity index is 828. The third-order valence-corrected chi connectivity index (χ3v) is 8.02. The maximum atomic E-state index is 12.2. The van der Waals surface area contributed by atoms with Crippen molar-refractivity contribution in [1.82, 2.24) is 15.2 Å². The quantitative estimate of drug-likeness (QED) is 0.681. The molecule has 8 heteroatoms. The molecule has 5 rings (SSSR count). The lowest BCUT2D eigenvalue weighted by molar-refractivity contribution is 0.000273. The number of nitrogens with one attached hydrogen (secondary N) is 1. The minimum absolute atomic E-state index is 0.0154. The van der Waals surface area contributed by atoms with Crippen molar-refractivity contribution in [3.8, 4) is 5.75 Å². The van der Waals surface area contributed by atoms with E-state index < -0.39 is 0 Å². The van der Waals surface area contributed by atoms with Crippen LogP contribution < -0.4 is 15.0 Å². The number of ether oxygens (including phenoxy) is 3. The highest BCUT2D eigenvalue weighted by molar-refractivity contribution is 5.67. The monoisotopic (exact) mass is 472 g/mol. The molecule has 3 aliphatic heterocycles. The Balaban J connectivity index is 0.991. The molecule has 0 atom stereocenters. The molecule has 1 saturated carbocycles. The van der Waals surface area contributed by atoms with Crippen LogP contribution in [-0.4, -0.2) is 80.7 Å². The largest absolute Gasteiger partial charge is 0.492 e. The van der Waals surface area contributed by atoms with Gasteiger partial charge in [-0.05, 0) is 51.5 Å². The van der Waals surface area contributed by atoms with Crippen molar-refractivity contribution < 1.29 is 19.0 Å². The molecule has 1 amide bonds.